The number of amides is 1. The summed E-state index contributed by atoms with van der Waals surface area (Å²) in [4.78, 5) is 12.2. The molecule has 0 aliphatic heterocycles. The van der Waals surface area contributed by atoms with Gasteiger partial charge in [0.1, 0.15) is 0 Å². The molecular weight excluding hydrogens is 378 g/mol. The molecule has 8 heteroatoms. The molecule has 0 saturated heterocycles. The second-order valence-corrected chi connectivity index (χ2v) is 8.86. The van der Waals surface area contributed by atoms with Crippen LogP contribution in [0.1, 0.15) is 83.5 Å². The molecule has 166 valence electrons. The zero-order valence-electron chi connectivity index (χ0n) is 18.1. The number of carbonyl (C=O) groups is 1. The third-order valence-corrected chi connectivity index (χ3v) is 6.38. The van der Waals surface area contributed by atoms with Gasteiger partial charge in [-0.3, -0.25) is 14.5 Å². The number of rotatable bonds is 12. The van der Waals surface area contributed by atoms with Crippen molar-refractivity contribution < 1.29 is 4.79 Å². The summed E-state index contributed by atoms with van der Waals surface area (Å²) in [6.45, 7) is 1.47. The monoisotopic (exact) mass is 415 g/mol. The molecule has 1 aromatic heterocycles. The lowest BCUT2D eigenvalue weighted by molar-refractivity contribution is -0.117. The van der Waals surface area contributed by atoms with Crippen LogP contribution in [0.25, 0.3) is 0 Å². The first-order valence-electron chi connectivity index (χ1n) is 11.7. The molecular formula is C22H37N7O. The topological polar surface area (TPSA) is 99.3 Å². The molecule has 2 fully saturated rings. The highest BCUT2D eigenvalue weighted by Crippen LogP contribution is 2.28. The maximum absolute atomic E-state index is 12.2. The minimum atomic E-state index is 0.0473. The van der Waals surface area contributed by atoms with Gasteiger partial charge in [0.25, 0.3) is 0 Å². The van der Waals surface area contributed by atoms with E-state index in [1.54, 1.807) is 15.9 Å². The van der Waals surface area contributed by atoms with Crippen molar-refractivity contribution in [1.82, 2.24) is 20.0 Å². The smallest absolute Gasteiger partial charge is 0.225 e. The number of aryl methyl sites for hydroxylation is 1. The Morgan fingerprint density at radius 3 is 2.67 bits per heavy atom. The third kappa shape index (κ3) is 7.88. The Morgan fingerprint density at radius 1 is 1.17 bits per heavy atom. The van der Waals surface area contributed by atoms with Crippen LogP contribution in [0.3, 0.4) is 0 Å². The van der Waals surface area contributed by atoms with Gasteiger partial charge in [0, 0.05) is 25.7 Å². The van der Waals surface area contributed by atoms with Crippen LogP contribution >= 0.6 is 0 Å². The van der Waals surface area contributed by atoms with E-state index in [2.05, 4.69) is 26.9 Å². The number of nitrogens with one attached hydrogen (secondary N) is 2. The van der Waals surface area contributed by atoms with Gasteiger partial charge in [0.2, 0.25) is 5.91 Å². The number of anilines is 1. The van der Waals surface area contributed by atoms with Crippen molar-refractivity contribution in [1.29, 1.82) is 5.53 Å². The van der Waals surface area contributed by atoms with Crippen LogP contribution in [0.15, 0.2) is 23.7 Å². The molecule has 1 aromatic rings. The lowest BCUT2D eigenvalue weighted by Gasteiger charge is -2.20. The highest BCUT2D eigenvalue weighted by atomic mass is 16.1. The quantitative estimate of drug-likeness (QED) is 0.274. The molecule has 2 saturated carbocycles. The number of hydrogen-bond acceptors (Lipinski definition) is 5. The van der Waals surface area contributed by atoms with Crippen molar-refractivity contribution in [2.45, 2.75) is 90.0 Å². The Balaban J connectivity index is 1.30. The van der Waals surface area contributed by atoms with Crippen LogP contribution in [-0.4, -0.2) is 32.5 Å². The van der Waals surface area contributed by atoms with E-state index < -0.39 is 0 Å². The highest BCUT2D eigenvalue weighted by molar-refractivity contribution is 5.89. The van der Waals surface area contributed by atoms with E-state index in [1.807, 2.05) is 6.20 Å². The minimum absolute atomic E-state index is 0.0473. The lowest BCUT2D eigenvalue weighted by atomic mass is 9.87. The van der Waals surface area contributed by atoms with Crippen molar-refractivity contribution in [3.63, 3.8) is 0 Å². The van der Waals surface area contributed by atoms with Crippen molar-refractivity contribution in [2.24, 2.45) is 17.1 Å². The van der Waals surface area contributed by atoms with Crippen LogP contribution in [-0.2, 0) is 11.3 Å². The SMILES string of the molecule is N=NN(/C=C/CC1CCCC1)CCCCn1cc(NC(=O)CC2CCCCC2)nn1. The van der Waals surface area contributed by atoms with Crippen molar-refractivity contribution in [2.75, 3.05) is 11.9 Å². The van der Waals surface area contributed by atoms with Gasteiger partial charge in [-0.05, 0) is 43.9 Å². The van der Waals surface area contributed by atoms with Crippen LogP contribution in [0.2, 0.25) is 0 Å². The fraction of sp³-hybridized carbons (Fsp3) is 0.773. The third-order valence-electron chi connectivity index (χ3n) is 6.38. The Morgan fingerprint density at radius 2 is 1.90 bits per heavy atom. The molecule has 2 aliphatic rings. The zero-order valence-corrected chi connectivity index (χ0v) is 18.1. The van der Waals surface area contributed by atoms with Gasteiger partial charge in [0.15, 0.2) is 5.82 Å². The lowest BCUT2D eigenvalue weighted by Crippen LogP contribution is -2.18. The van der Waals surface area contributed by atoms with E-state index in [-0.39, 0.29) is 5.91 Å². The maximum Gasteiger partial charge on any atom is 0.225 e. The van der Waals surface area contributed by atoms with E-state index in [4.69, 9.17) is 5.53 Å². The minimum Gasteiger partial charge on any atom is -0.308 e. The molecule has 0 bridgehead atoms. The van der Waals surface area contributed by atoms with Gasteiger partial charge in [-0.15, -0.1) is 5.10 Å². The fourth-order valence-corrected chi connectivity index (χ4v) is 4.64. The molecule has 1 amide bonds. The number of nitrogens with zero attached hydrogens (tertiary/aromatic N) is 5. The normalized spacial score (nSPS) is 18.1. The van der Waals surface area contributed by atoms with E-state index in [0.29, 0.717) is 18.2 Å². The summed E-state index contributed by atoms with van der Waals surface area (Å²) in [5, 5.41) is 16.4. The number of hydrogen-bond donors (Lipinski definition) is 2. The Hall–Kier alpha value is -2.25. The van der Waals surface area contributed by atoms with Crippen molar-refractivity contribution in [3.05, 3.63) is 18.5 Å². The predicted molar refractivity (Wildman–Crippen MR) is 117 cm³/mol. The summed E-state index contributed by atoms with van der Waals surface area (Å²) in [7, 11) is 0. The van der Waals surface area contributed by atoms with E-state index in [0.717, 1.165) is 51.1 Å². The molecule has 2 N–H and O–H groups in total. The molecule has 0 spiro atoms. The zero-order chi connectivity index (χ0) is 21.0. The standard InChI is InChI=1S/C22H37N7O/c23-26-28(16-8-13-19-9-4-5-10-19)14-6-7-15-29-18-21(25-27-29)24-22(30)17-20-11-2-1-3-12-20/h8,16,18-20,23H,1-7,9-15,17H2,(H,24,30)/b16-8+,26-23?. The average Bonchev–Trinajstić information content (AvgIpc) is 3.42. The largest absolute Gasteiger partial charge is 0.308 e. The Labute approximate surface area is 180 Å². The molecule has 0 aromatic carbocycles. The molecule has 1 heterocycles. The second-order valence-electron chi connectivity index (χ2n) is 8.86. The number of allylic oxidation sites excluding steroid dienone is 1. The Bertz CT molecular complexity index is 675. The molecule has 0 unspecified atom stereocenters. The average molecular weight is 416 g/mol. The summed E-state index contributed by atoms with van der Waals surface area (Å²) < 4.78 is 1.77. The molecule has 0 radical (unpaired) electrons. The fourth-order valence-electron chi connectivity index (χ4n) is 4.64. The van der Waals surface area contributed by atoms with Gasteiger partial charge in [0.05, 0.1) is 6.20 Å². The molecule has 2 aliphatic carbocycles. The molecule has 30 heavy (non-hydrogen) atoms. The molecule has 0 atom stereocenters. The van der Waals surface area contributed by atoms with Gasteiger partial charge >= 0.3 is 0 Å². The van der Waals surface area contributed by atoms with Crippen molar-refractivity contribution in [3.8, 4) is 0 Å². The van der Waals surface area contributed by atoms with Crippen LogP contribution < -0.4 is 5.32 Å². The van der Waals surface area contributed by atoms with Crippen LogP contribution in [0.5, 0.6) is 0 Å². The van der Waals surface area contributed by atoms with Gasteiger partial charge in [-0.2, -0.15) is 5.53 Å². The van der Waals surface area contributed by atoms with E-state index >= 15 is 0 Å². The predicted octanol–water partition coefficient (Wildman–Crippen LogP) is 5.31. The van der Waals surface area contributed by atoms with Gasteiger partial charge in [-0.1, -0.05) is 61.5 Å². The summed E-state index contributed by atoms with van der Waals surface area (Å²) in [5.74, 6) is 1.92. The summed E-state index contributed by atoms with van der Waals surface area (Å²) in [6.07, 6.45) is 20.9. The number of carbonyl (C=O) groups excluding carboxylic acids is 1. The second kappa shape index (κ2) is 12.4. The van der Waals surface area contributed by atoms with E-state index in [9.17, 15) is 4.79 Å². The highest BCUT2D eigenvalue weighted by Gasteiger charge is 2.17. The first-order valence-corrected chi connectivity index (χ1v) is 11.7. The first kappa shape index (κ1) is 22.4. The van der Waals surface area contributed by atoms with E-state index in [1.165, 1.54) is 44.9 Å². The van der Waals surface area contributed by atoms with Gasteiger partial charge < -0.3 is 5.32 Å². The van der Waals surface area contributed by atoms with Crippen LogP contribution in [0, 0.1) is 17.4 Å². The number of unbranched alkanes of at least 4 members (excludes halogenated alkanes) is 1. The molecule has 3 rings (SSSR count). The summed E-state index contributed by atoms with van der Waals surface area (Å²) in [6, 6.07) is 0. The van der Waals surface area contributed by atoms with Crippen molar-refractivity contribution >= 4 is 11.7 Å². The summed E-state index contributed by atoms with van der Waals surface area (Å²) >= 11 is 0. The summed E-state index contributed by atoms with van der Waals surface area (Å²) in [5.41, 5.74) is 7.34. The number of aromatic nitrogens is 3. The van der Waals surface area contributed by atoms with Crippen LogP contribution in [0.4, 0.5) is 5.82 Å². The Kier molecular flexibility index (Phi) is 9.31. The maximum atomic E-state index is 12.2. The first-order chi connectivity index (χ1) is 14.7. The van der Waals surface area contributed by atoms with Gasteiger partial charge in [-0.25, -0.2) is 0 Å². The molecule has 8 nitrogen and oxygen atoms in total.